The van der Waals surface area contributed by atoms with E-state index in [0.29, 0.717) is 10.6 Å². The summed E-state index contributed by atoms with van der Waals surface area (Å²) in [6.07, 6.45) is -0.610. The number of carbonyl (C=O) groups excluding carboxylic acids is 3. The van der Waals surface area contributed by atoms with E-state index in [1.807, 2.05) is 0 Å². The van der Waals surface area contributed by atoms with Gasteiger partial charge in [-0.2, -0.15) is 0 Å². The minimum Gasteiger partial charge on any atom is -0.444 e. The molecule has 11 heteroatoms. The fourth-order valence-corrected chi connectivity index (χ4v) is 5.92. The minimum atomic E-state index is -4.07. The predicted octanol–water partition coefficient (Wildman–Crippen LogP) is 4.59. The second kappa shape index (κ2) is 11.1. The maximum absolute atomic E-state index is 13.7. The number of alkyl carbamates (subject to hydrolysis) is 1. The third-order valence-electron chi connectivity index (χ3n) is 5.76. The van der Waals surface area contributed by atoms with Gasteiger partial charge in [-0.3, -0.25) is 9.59 Å². The zero-order valence-electron chi connectivity index (χ0n) is 21.7. The molecule has 204 valence electrons. The molecule has 1 aliphatic heterocycles. The highest BCUT2D eigenvalue weighted by Gasteiger charge is 2.36. The van der Waals surface area contributed by atoms with Crippen LogP contribution in [0.3, 0.4) is 0 Å². The number of benzene rings is 3. The Bertz CT molecular complexity index is 1550. The average molecular weight is 570 g/mol. The Morgan fingerprint density at radius 2 is 1.64 bits per heavy atom. The van der Waals surface area contributed by atoms with E-state index in [-0.39, 0.29) is 46.2 Å². The highest BCUT2D eigenvalue weighted by Crippen LogP contribution is 2.38. The van der Waals surface area contributed by atoms with Crippen molar-refractivity contribution in [3.05, 3.63) is 88.4 Å². The van der Waals surface area contributed by atoms with E-state index in [1.165, 1.54) is 35.2 Å². The molecule has 0 bridgehead atoms. The van der Waals surface area contributed by atoms with Crippen LogP contribution in [0.15, 0.2) is 76.5 Å². The summed E-state index contributed by atoms with van der Waals surface area (Å²) >= 11 is 6.15. The third-order valence-corrected chi connectivity index (χ3v) is 7.86. The van der Waals surface area contributed by atoms with E-state index in [1.54, 1.807) is 57.2 Å². The Morgan fingerprint density at radius 3 is 2.36 bits per heavy atom. The lowest BCUT2D eigenvalue weighted by Gasteiger charge is -2.23. The molecule has 0 unspecified atom stereocenters. The molecule has 9 nitrogen and oxygen atoms in total. The van der Waals surface area contributed by atoms with Crippen molar-refractivity contribution in [3.63, 3.8) is 0 Å². The summed E-state index contributed by atoms with van der Waals surface area (Å²) in [5, 5.41) is 5.70. The Hall–Kier alpha value is -3.89. The van der Waals surface area contributed by atoms with Crippen molar-refractivity contribution in [2.45, 2.75) is 42.7 Å². The van der Waals surface area contributed by atoms with Gasteiger partial charge < -0.3 is 20.3 Å². The fourth-order valence-electron chi connectivity index (χ4n) is 4.08. The number of nitrogens with zero attached hydrogens (tertiary/aromatic N) is 1. The molecule has 0 radical (unpaired) electrons. The second-order valence-corrected chi connectivity index (χ2v) is 12.2. The van der Waals surface area contributed by atoms with Crippen molar-refractivity contribution in [1.29, 1.82) is 0 Å². The Morgan fingerprint density at radius 1 is 0.923 bits per heavy atom. The van der Waals surface area contributed by atoms with Gasteiger partial charge in [-0.05, 0) is 68.8 Å². The Kier molecular flexibility index (Phi) is 7.99. The average Bonchev–Trinajstić information content (AvgIpc) is 2.93. The van der Waals surface area contributed by atoms with Gasteiger partial charge >= 0.3 is 6.09 Å². The maximum Gasteiger partial charge on any atom is 0.407 e. The van der Waals surface area contributed by atoms with E-state index in [9.17, 15) is 22.8 Å². The van der Waals surface area contributed by atoms with E-state index >= 15 is 0 Å². The number of amides is 3. The Balaban J connectivity index is 1.64. The van der Waals surface area contributed by atoms with Crippen LogP contribution < -0.4 is 15.5 Å². The molecule has 39 heavy (non-hydrogen) atoms. The van der Waals surface area contributed by atoms with Gasteiger partial charge in [-0.15, -0.1) is 0 Å². The number of anilines is 1. The lowest BCUT2D eigenvalue weighted by molar-refractivity contribution is 0.0526. The molecule has 0 saturated carbocycles. The first-order valence-corrected chi connectivity index (χ1v) is 14.0. The molecule has 2 N–H and O–H groups in total. The van der Waals surface area contributed by atoms with Gasteiger partial charge in [0, 0.05) is 23.7 Å². The van der Waals surface area contributed by atoms with Gasteiger partial charge in [-0.25, -0.2) is 13.2 Å². The molecule has 3 aromatic carbocycles. The largest absolute Gasteiger partial charge is 0.444 e. The normalized spacial score (nSPS) is 14.1. The van der Waals surface area contributed by atoms with E-state index in [4.69, 9.17) is 16.3 Å². The Labute approximate surface area is 232 Å². The summed E-state index contributed by atoms with van der Waals surface area (Å²) in [6.45, 7) is 5.48. The molecule has 0 fully saturated rings. The topological polar surface area (TPSA) is 122 Å². The highest BCUT2D eigenvalue weighted by molar-refractivity contribution is 7.91. The van der Waals surface area contributed by atoms with Crippen molar-refractivity contribution >= 4 is 45.0 Å². The van der Waals surface area contributed by atoms with Crippen LogP contribution in [0.4, 0.5) is 10.5 Å². The van der Waals surface area contributed by atoms with E-state index < -0.39 is 33.3 Å². The van der Waals surface area contributed by atoms with Crippen LogP contribution in [0.25, 0.3) is 0 Å². The molecule has 0 saturated heterocycles. The zero-order valence-corrected chi connectivity index (χ0v) is 23.2. The molecule has 1 aliphatic rings. The van der Waals surface area contributed by atoms with Crippen LogP contribution in [-0.2, 0) is 21.1 Å². The fraction of sp³-hybridized carbons (Fsp3) is 0.250. The molecule has 0 atom stereocenters. The smallest absolute Gasteiger partial charge is 0.407 e. The molecular weight excluding hydrogens is 542 g/mol. The minimum absolute atomic E-state index is 0.0289. The van der Waals surface area contributed by atoms with Crippen molar-refractivity contribution in [1.82, 2.24) is 10.6 Å². The number of hydrogen-bond donors (Lipinski definition) is 2. The van der Waals surface area contributed by atoms with Crippen molar-refractivity contribution in [2.75, 3.05) is 18.0 Å². The summed E-state index contributed by atoms with van der Waals surface area (Å²) < 4.78 is 32.4. The standard InChI is InChI=1S/C28H28ClN3O6S/c1-28(2,3)38-27(35)31-14-13-30-25(33)19-11-12-24-22(16-19)32(17-18-7-6-8-20(29)15-18)26(34)21-9-4-5-10-23(21)39(24,36)37/h4-12,15-16H,13-14,17H2,1-3H3,(H,30,33)(H,31,35). The zero-order chi connectivity index (χ0) is 28.4. The summed E-state index contributed by atoms with van der Waals surface area (Å²) in [5.74, 6) is -1.02. The van der Waals surface area contributed by atoms with Gasteiger partial charge in [0.2, 0.25) is 9.84 Å². The number of halogens is 1. The van der Waals surface area contributed by atoms with Crippen molar-refractivity contribution in [3.8, 4) is 0 Å². The molecular formula is C28H28ClN3O6S. The molecule has 1 heterocycles. The van der Waals surface area contributed by atoms with Crippen LogP contribution in [0.1, 0.15) is 47.1 Å². The van der Waals surface area contributed by atoms with Gasteiger partial charge in [0.1, 0.15) is 5.60 Å². The lowest BCUT2D eigenvalue weighted by Crippen LogP contribution is -2.38. The van der Waals surface area contributed by atoms with Gasteiger partial charge in [0.25, 0.3) is 11.8 Å². The summed E-state index contributed by atoms with van der Waals surface area (Å²) in [4.78, 5) is 39.6. The number of hydrogen-bond acceptors (Lipinski definition) is 6. The first-order valence-electron chi connectivity index (χ1n) is 12.2. The van der Waals surface area contributed by atoms with Crippen molar-refractivity contribution in [2.24, 2.45) is 0 Å². The van der Waals surface area contributed by atoms with Crippen molar-refractivity contribution < 1.29 is 27.5 Å². The summed E-state index contributed by atoms with van der Waals surface area (Å²) in [7, 11) is -4.07. The first-order chi connectivity index (χ1) is 18.4. The quantitative estimate of drug-likeness (QED) is 0.419. The van der Waals surface area contributed by atoms with Gasteiger partial charge in [0.15, 0.2) is 0 Å². The number of fused-ring (bicyclic) bond motifs is 2. The summed E-state index contributed by atoms with van der Waals surface area (Å²) in [6, 6.07) is 17.0. The van der Waals surface area contributed by atoms with Gasteiger partial charge in [-0.1, -0.05) is 35.9 Å². The molecule has 3 amide bonds. The van der Waals surface area contributed by atoms with Crippen LogP contribution in [0.2, 0.25) is 5.02 Å². The molecule has 4 rings (SSSR count). The SMILES string of the molecule is CC(C)(C)OC(=O)NCCNC(=O)c1ccc2c(c1)N(Cc1cccc(Cl)c1)C(=O)c1ccccc1S2(=O)=O. The molecule has 0 aromatic heterocycles. The van der Waals surface area contributed by atoms with Crippen LogP contribution in [0.5, 0.6) is 0 Å². The lowest BCUT2D eigenvalue weighted by atomic mass is 10.1. The van der Waals surface area contributed by atoms with E-state index in [0.717, 1.165) is 0 Å². The predicted molar refractivity (Wildman–Crippen MR) is 147 cm³/mol. The van der Waals surface area contributed by atoms with Gasteiger partial charge in [0.05, 0.1) is 27.6 Å². The number of ether oxygens (including phenoxy) is 1. The number of rotatable bonds is 6. The third kappa shape index (κ3) is 6.40. The summed E-state index contributed by atoms with van der Waals surface area (Å²) in [5.41, 5.74) is 0.298. The number of carbonyl (C=O) groups is 3. The number of nitrogens with one attached hydrogen (secondary N) is 2. The molecule has 3 aromatic rings. The highest BCUT2D eigenvalue weighted by atomic mass is 35.5. The van der Waals surface area contributed by atoms with Crippen LogP contribution in [-0.4, -0.2) is 45.0 Å². The second-order valence-electron chi connectivity index (χ2n) is 9.89. The van der Waals surface area contributed by atoms with Crippen LogP contribution >= 0.6 is 11.6 Å². The number of sulfone groups is 1. The maximum atomic E-state index is 13.7. The van der Waals surface area contributed by atoms with Crippen LogP contribution in [0, 0.1) is 0 Å². The molecule has 0 spiro atoms. The first kappa shape index (κ1) is 28.1. The van der Waals surface area contributed by atoms with E-state index in [2.05, 4.69) is 10.6 Å². The monoisotopic (exact) mass is 569 g/mol. The molecule has 0 aliphatic carbocycles.